The lowest BCUT2D eigenvalue weighted by atomic mass is 9.81. The van der Waals surface area contributed by atoms with Crippen molar-refractivity contribution in [3.05, 3.63) is 0 Å². The zero-order valence-corrected chi connectivity index (χ0v) is 5.41. The van der Waals surface area contributed by atoms with Crippen molar-refractivity contribution in [2.75, 3.05) is 7.05 Å². The summed E-state index contributed by atoms with van der Waals surface area (Å²) in [6.07, 6.45) is 5.94. The van der Waals surface area contributed by atoms with Crippen LogP contribution < -0.4 is 5.32 Å². The molecular formula is C7H13N. The van der Waals surface area contributed by atoms with E-state index in [1.165, 1.54) is 25.7 Å². The molecule has 1 N–H and O–H groups in total. The zero-order chi connectivity index (χ0) is 5.61. The van der Waals surface area contributed by atoms with Gasteiger partial charge in [0.05, 0.1) is 0 Å². The highest BCUT2D eigenvalue weighted by Gasteiger charge is 2.56. The molecule has 0 aromatic rings. The molecule has 0 saturated heterocycles. The predicted molar refractivity (Wildman–Crippen MR) is 33.7 cm³/mol. The maximum absolute atomic E-state index is 3.33. The van der Waals surface area contributed by atoms with Gasteiger partial charge in [-0.05, 0) is 31.7 Å². The highest BCUT2D eigenvalue weighted by atomic mass is 15.0. The maximum Gasteiger partial charge on any atom is 0.0127 e. The first kappa shape index (κ1) is 4.80. The van der Waals surface area contributed by atoms with Gasteiger partial charge in [-0.3, -0.25) is 0 Å². The largest absolute Gasteiger partial charge is 0.316 e. The van der Waals surface area contributed by atoms with Crippen LogP contribution in [0.3, 0.4) is 0 Å². The number of nitrogens with one attached hydrogen (secondary N) is 1. The molecule has 0 aromatic carbocycles. The highest BCUT2D eigenvalue weighted by molar-refractivity contribution is 5.11. The molecule has 0 heterocycles. The summed E-state index contributed by atoms with van der Waals surface area (Å²) in [6, 6.07) is 0.899. The van der Waals surface area contributed by atoms with Crippen LogP contribution in [0.1, 0.15) is 25.7 Å². The molecule has 2 aliphatic rings. The first-order valence-electron chi connectivity index (χ1n) is 3.55. The first-order valence-corrected chi connectivity index (χ1v) is 3.55. The summed E-state index contributed by atoms with van der Waals surface area (Å²) in [5.41, 5.74) is 0.828. The van der Waals surface area contributed by atoms with E-state index in [9.17, 15) is 0 Å². The van der Waals surface area contributed by atoms with E-state index in [4.69, 9.17) is 0 Å². The van der Waals surface area contributed by atoms with Crippen molar-refractivity contribution in [3.63, 3.8) is 0 Å². The lowest BCUT2D eigenvalue weighted by molar-refractivity contribution is 0.269. The fourth-order valence-corrected chi connectivity index (χ4v) is 1.94. The molecule has 0 aromatic heterocycles. The summed E-state index contributed by atoms with van der Waals surface area (Å²) >= 11 is 0. The van der Waals surface area contributed by atoms with Crippen molar-refractivity contribution in [2.24, 2.45) is 5.41 Å². The van der Waals surface area contributed by atoms with E-state index in [0.29, 0.717) is 0 Å². The average Bonchev–Trinajstić information content (AvgIpc) is 2.36. The van der Waals surface area contributed by atoms with Crippen LogP contribution in [0.15, 0.2) is 0 Å². The summed E-state index contributed by atoms with van der Waals surface area (Å²) in [7, 11) is 2.08. The Kier molecular flexibility index (Phi) is 0.762. The third-order valence-electron chi connectivity index (χ3n) is 2.89. The van der Waals surface area contributed by atoms with E-state index < -0.39 is 0 Å². The Morgan fingerprint density at radius 3 is 2.38 bits per heavy atom. The smallest absolute Gasteiger partial charge is 0.0127 e. The molecule has 1 nitrogen and oxygen atoms in total. The highest BCUT2D eigenvalue weighted by Crippen LogP contribution is 2.60. The second-order valence-electron chi connectivity index (χ2n) is 3.26. The SMILES string of the molecule is CNC1CC12CCC2. The van der Waals surface area contributed by atoms with Crippen LogP contribution >= 0.6 is 0 Å². The van der Waals surface area contributed by atoms with Crippen molar-refractivity contribution < 1.29 is 0 Å². The summed E-state index contributed by atoms with van der Waals surface area (Å²) < 4.78 is 0. The van der Waals surface area contributed by atoms with Crippen molar-refractivity contribution in [2.45, 2.75) is 31.7 Å². The van der Waals surface area contributed by atoms with Crippen molar-refractivity contribution in [3.8, 4) is 0 Å². The Balaban J connectivity index is 1.93. The molecule has 8 heavy (non-hydrogen) atoms. The molecule has 1 spiro atoms. The van der Waals surface area contributed by atoms with Crippen LogP contribution in [-0.2, 0) is 0 Å². The molecule has 46 valence electrons. The molecule has 2 saturated carbocycles. The Bertz CT molecular complexity index is 105. The van der Waals surface area contributed by atoms with Crippen LogP contribution in [0.4, 0.5) is 0 Å². The lowest BCUT2D eigenvalue weighted by Gasteiger charge is -2.26. The maximum atomic E-state index is 3.33. The zero-order valence-electron chi connectivity index (χ0n) is 5.41. The van der Waals surface area contributed by atoms with E-state index in [-0.39, 0.29) is 0 Å². The molecule has 0 aliphatic heterocycles. The first-order chi connectivity index (χ1) is 3.87. The van der Waals surface area contributed by atoms with Gasteiger partial charge >= 0.3 is 0 Å². The number of rotatable bonds is 1. The second-order valence-corrected chi connectivity index (χ2v) is 3.26. The summed E-state index contributed by atoms with van der Waals surface area (Å²) in [4.78, 5) is 0. The van der Waals surface area contributed by atoms with Crippen molar-refractivity contribution in [1.29, 1.82) is 0 Å². The lowest BCUT2D eigenvalue weighted by Crippen LogP contribution is -2.24. The molecule has 0 radical (unpaired) electrons. The van der Waals surface area contributed by atoms with Crippen molar-refractivity contribution >= 4 is 0 Å². The Hall–Kier alpha value is -0.0400. The van der Waals surface area contributed by atoms with Gasteiger partial charge in [0.25, 0.3) is 0 Å². The van der Waals surface area contributed by atoms with Crippen molar-refractivity contribution in [1.82, 2.24) is 5.32 Å². The summed E-state index contributed by atoms with van der Waals surface area (Å²) in [5, 5.41) is 3.33. The number of hydrogen-bond donors (Lipinski definition) is 1. The van der Waals surface area contributed by atoms with E-state index >= 15 is 0 Å². The molecule has 2 fully saturated rings. The Morgan fingerprint density at radius 1 is 1.50 bits per heavy atom. The van der Waals surface area contributed by atoms with Crippen LogP contribution in [-0.4, -0.2) is 13.1 Å². The fourth-order valence-electron chi connectivity index (χ4n) is 1.94. The average molecular weight is 111 g/mol. The quantitative estimate of drug-likeness (QED) is 0.535. The molecule has 1 heteroatoms. The molecular weight excluding hydrogens is 98.1 g/mol. The van der Waals surface area contributed by atoms with E-state index in [2.05, 4.69) is 12.4 Å². The summed E-state index contributed by atoms with van der Waals surface area (Å²) in [6.45, 7) is 0. The van der Waals surface area contributed by atoms with E-state index in [1.54, 1.807) is 0 Å². The van der Waals surface area contributed by atoms with Gasteiger partial charge in [-0.25, -0.2) is 0 Å². The fraction of sp³-hybridized carbons (Fsp3) is 1.00. The molecule has 2 rings (SSSR count). The normalized spacial score (nSPS) is 39.4. The Labute approximate surface area is 50.5 Å². The topological polar surface area (TPSA) is 12.0 Å². The van der Waals surface area contributed by atoms with Gasteiger partial charge in [0, 0.05) is 6.04 Å². The van der Waals surface area contributed by atoms with E-state index in [0.717, 1.165) is 11.5 Å². The van der Waals surface area contributed by atoms with Crippen LogP contribution in [0.25, 0.3) is 0 Å². The van der Waals surface area contributed by atoms with Gasteiger partial charge in [-0.2, -0.15) is 0 Å². The molecule has 1 unspecified atom stereocenters. The molecule has 1 atom stereocenters. The van der Waals surface area contributed by atoms with Gasteiger partial charge in [0.1, 0.15) is 0 Å². The van der Waals surface area contributed by atoms with Crippen LogP contribution in [0.2, 0.25) is 0 Å². The monoisotopic (exact) mass is 111 g/mol. The molecule has 2 aliphatic carbocycles. The van der Waals surface area contributed by atoms with Gasteiger partial charge in [0.15, 0.2) is 0 Å². The van der Waals surface area contributed by atoms with Gasteiger partial charge in [0.2, 0.25) is 0 Å². The summed E-state index contributed by atoms with van der Waals surface area (Å²) in [5.74, 6) is 0. The second kappa shape index (κ2) is 1.27. The number of hydrogen-bond acceptors (Lipinski definition) is 1. The predicted octanol–water partition coefficient (Wildman–Crippen LogP) is 1.15. The van der Waals surface area contributed by atoms with Crippen LogP contribution in [0, 0.1) is 5.41 Å². The van der Waals surface area contributed by atoms with Crippen LogP contribution in [0.5, 0.6) is 0 Å². The third-order valence-corrected chi connectivity index (χ3v) is 2.89. The van der Waals surface area contributed by atoms with E-state index in [1.807, 2.05) is 0 Å². The van der Waals surface area contributed by atoms with Gasteiger partial charge < -0.3 is 5.32 Å². The minimum Gasteiger partial charge on any atom is -0.316 e. The van der Waals surface area contributed by atoms with Gasteiger partial charge in [-0.15, -0.1) is 0 Å². The standard InChI is InChI=1S/C7H13N/c1-8-6-5-7(6)3-2-4-7/h6,8H,2-5H2,1H3. The Morgan fingerprint density at radius 2 is 2.25 bits per heavy atom. The minimum absolute atomic E-state index is 0.828. The minimum atomic E-state index is 0.828. The third kappa shape index (κ3) is 0.408. The molecule has 0 amide bonds. The van der Waals surface area contributed by atoms with Gasteiger partial charge in [-0.1, -0.05) is 6.42 Å². The molecule has 0 bridgehead atoms.